The first-order valence-electron chi connectivity index (χ1n) is 6.60. The highest BCUT2D eigenvalue weighted by Gasteiger charge is 2.07. The van der Waals surface area contributed by atoms with Gasteiger partial charge < -0.3 is 10.0 Å². The van der Waals surface area contributed by atoms with Crippen molar-refractivity contribution in [2.24, 2.45) is 0 Å². The van der Waals surface area contributed by atoms with Crippen LogP contribution in [-0.2, 0) is 11.3 Å². The molecule has 3 heteroatoms. The number of rotatable bonds is 5. The predicted molar refractivity (Wildman–Crippen MR) is 76.4 cm³/mol. The zero-order chi connectivity index (χ0) is 14.1. The Labute approximate surface area is 115 Å². The molecule has 3 nitrogen and oxygen atoms in total. The fraction of sp³-hybridized carbons (Fsp3) is 0.438. The topological polar surface area (TPSA) is 40.5 Å². The molecule has 0 saturated carbocycles. The zero-order valence-corrected chi connectivity index (χ0v) is 11.6. The number of hydrogen-bond donors (Lipinski definition) is 1. The molecule has 102 valence electrons. The lowest BCUT2D eigenvalue weighted by molar-refractivity contribution is -0.130. The molecule has 0 atom stereocenters. The van der Waals surface area contributed by atoms with Crippen molar-refractivity contribution in [2.45, 2.75) is 32.7 Å². The van der Waals surface area contributed by atoms with Crippen molar-refractivity contribution in [3.05, 3.63) is 35.4 Å². The quantitative estimate of drug-likeness (QED) is 0.823. The van der Waals surface area contributed by atoms with Crippen molar-refractivity contribution < 1.29 is 9.90 Å². The minimum Gasteiger partial charge on any atom is -0.395 e. The van der Waals surface area contributed by atoms with Gasteiger partial charge in [-0.25, -0.2) is 0 Å². The van der Waals surface area contributed by atoms with Gasteiger partial charge in [-0.2, -0.15) is 0 Å². The van der Waals surface area contributed by atoms with E-state index < -0.39 is 0 Å². The summed E-state index contributed by atoms with van der Waals surface area (Å²) in [4.78, 5) is 13.5. The first-order chi connectivity index (χ1) is 9.17. The van der Waals surface area contributed by atoms with Crippen molar-refractivity contribution in [1.29, 1.82) is 0 Å². The van der Waals surface area contributed by atoms with Crippen LogP contribution < -0.4 is 0 Å². The normalized spacial score (nSPS) is 9.63. The fourth-order valence-corrected chi connectivity index (χ4v) is 1.73. The molecule has 0 spiro atoms. The van der Waals surface area contributed by atoms with Crippen molar-refractivity contribution in [2.75, 3.05) is 13.7 Å². The van der Waals surface area contributed by atoms with E-state index in [1.54, 1.807) is 4.90 Å². The molecule has 1 N–H and O–H groups in total. The summed E-state index contributed by atoms with van der Waals surface area (Å²) in [5.41, 5.74) is 1.99. The summed E-state index contributed by atoms with van der Waals surface area (Å²) in [6.07, 6.45) is 1.95. The maximum absolute atomic E-state index is 11.7. The van der Waals surface area contributed by atoms with E-state index in [9.17, 15) is 4.79 Å². The van der Waals surface area contributed by atoms with Gasteiger partial charge in [0.2, 0.25) is 5.91 Å². The molecule has 0 aliphatic rings. The Kier molecular flexibility index (Phi) is 6.70. The first kappa shape index (κ1) is 15.3. The van der Waals surface area contributed by atoms with Gasteiger partial charge in [-0.3, -0.25) is 4.79 Å². The number of carbonyl (C=O) groups is 1. The molecule has 1 amide bonds. The van der Waals surface area contributed by atoms with Gasteiger partial charge in [-0.05, 0) is 24.1 Å². The van der Waals surface area contributed by atoms with Gasteiger partial charge in [0.15, 0.2) is 0 Å². The lowest BCUT2D eigenvalue weighted by atomic mass is 10.1. The summed E-state index contributed by atoms with van der Waals surface area (Å²) in [5, 5.41) is 8.68. The number of carbonyl (C=O) groups excluding carboxylic acids is 1. The highest BCUT2D eigenvalue weighted by Crippen LogP contribution is 2.08. The van der Waals surface area contributed by atoms with Gasteiger partial charge in [-0.15, -0.1) is 0 Å². The summed E-state index contributed by atoms with van der Waals surface area (Å²) >= 11 is 0. The van der Waals surface area contributed by atoms with Gasteiger partial charge >= 0.3 is 0 Å². The monoisotopic (exact) mass is 259 g/mol. The fourth-order valence-electron chi connectivity index (χ4n) is 1.73. The summed E-state index contributed by atoms with van der Waals surface area (Å²) in [7, 11) is 1.82. The highest BCUT2D eigenvalue weighted by atomic mass is 16.2. The number of amides is 1. The molecular weight excluding hydrogens is 238 g/mol. The average Bonchev–Trinajstić information content (AvgIpc) is 2.40. The van der Waals surface area contributed by atoms with Gasteiger partial charge in [0, 0.05) is 32.0 Å². The molecule has 1 rings (SSSR count). The van der Waals surface area contributed by atoms with Crippen LogP contribution in [0, 0.1) is 11.8 Å². The van der Waals surface area contributed by atoms with Crippen molar-refractivity contribution in [3.63, 3.8) is 0 Å². The number of nitrogens with zero attached hydrogens (tertiary/aromatic N) is 1. The molecule has 0 heterocycles. The number of aliphatic hydroxyl groups is 1. The minimum absolute atomic E-state index is 0.0843. The molecular formula is C16H21NO2. The Morgan fingerprint density at radius 1 is 1.42 bits per heavy atom. The van der Waals surface area contributed by atoms with E-state index in [0.29, 0.717) is 19.4 Å². The molecule has 0 aliphatic heterocycles. The van der Waals surface area contributed by atoms with Crippen LogP contribution in [0.3, 0.4) is 0 Å². The maximum Gasteiger partial charge on any atom is 0.222 e. The third-order valence-electron chi connectivity index (χ3n) is 2.71. The summed E-state index contributed by atoms with van der Waals surface area (Å²) in [5.74, 6) is 6.06. The maximum atomic E-state index is 11.7. The number of aliphatic hydroxyl groups excluding tert-OH is 1. The SMILES string of the molecule is CCCC(=O)N(C)Cc1cccc(C#CCCO)c1. The second-order valence-electron chi connectivity index (χ2n) is 4.48. The van der Waals surface area contributed by atoms with E-state index in [0.717, 1.165) is 17.5 Å². The Bertz CT molecular complexity index is 471. The van der Waals surface area contributed by atoms with Crippen LogP contribution in [0.25, 0.3) is 0 Å². The predicted octanol–water partition coefficient (Wildman–Crippen LogP) is 2.18. The molecule has 0 fully saturated rings. The van der Waals surface area contributed by atoms with Crippen LogP contribution in [0.5, 0.6) is 0 Å². The van der Waals surface area contributed by atoms with E-state index in [1.807, 2.05) is 38.2 Å². The van der Waals surface area contributed by atoms with Gasteiger partial charge in [0.05, 0.1) is 6.61 Å². The van der Waals surface area contributed by atoms with Gasteiger partial charge in [0.25, 0.3) is 0 Å². The second-order valence-corrected chi connectivity index (χ2v) is 4.48. The molecule has 0 aliphatic carbocycles. The lowest BCUT2D eigenvalue weighted by Crippen LogP contribution is -2.25. The van der Waals surface area contributed by atoms with Crippen LogP contribution in [0.4, 0.5) is 0 Å². The van der Waals surface area contributed by atoms with E-state index in [-0.39, 0.29) is 12.5 Å². The molecule has 0 aromatic heterocycles. The number of benzene rings is 1. The standard InChI is InChI=1S/C16H21NO2/c1-3-7-16(19)17(2)13-15-10-6-9-14(12-15)8-4-5-11-18/h6,9-10,12,18H,3,5,7,11,13H2,1-2H3. The number of hydrogen-bond acceptors (Lipinski definition) is 2. The third-order valence-corrected chi connectivity index (χ3v) is 2.71. The second kappa shape index (κ2) is 8.34. The highest BCUT2D eigenvalue weighted by molar-refractivity contribution is 5.75. The van der Waals surface area contributed by atoms with Crippen molar-refractivity contribution in [3.8, 4) is 11.8 Å². The summed E-state index contributed by atoms with van der Waals surface area (Å²) in [6.45, 7) is 2.69. The van der Waals surface area contributed by atoms with Gasteiger partial charge in [-0.1, -0.05) is 30.9 Å². The smallest absolute Gasteiger partial charge is 0.222 e. The van der Waals surface area contributed by atoms with E-state index in [1.165, 1.54) is 0 Å². The van der Waals surface area contributed by atoms with Crippen molar-refractivity contribution in [1.82, 2.24) is 4.90 Å². The summed E-state index contributed by atoms with van der Waals surface area (Å²) in [6, 6.07) is 7.85. The Morgan fingerprint density at radius 2 is 2.21 bits per heavy atom. The Morgan fingerprint density at radius 3 is 2.89 bits per heavy atom. The van der Waals surface area contributed by atoms with Crippen LogP contribution in [0.1, 0.15) is 37.3 Å². The van der Waals surface area contributed by atoms with Crippen LogP contribution >= 0.6 is 0 Å². The lowest BCUT2D eigenvalue weighted by Gasteiger charge is -2.17. The minimum atomic E-state index is 0.0843. The molecule has 1 aromatic carbocycles. The van der Waals surface area contributed by atoms with E-state index in [4.69, 9.17) is 5.11 Å². The first-order valence-corrected chi connectivity index (χ1v) is 6.60. The van der Waals surface area contributed by atoms with Crippen LogP contribution in [0.2, 0.25) is 0 Å². The Balaban J connectivity index is 2.67. The van der Waals surface area contributed by atoms with Crippen LogP contribution in [0.15, 0.2) is 24.3 Å². The summed E-state index contributed by atoms with van der Waals surface area (Å²) < 4.78 is 0. The average molecular weight is 259 g/mol. The zero-order valence-electron chi connectivity index (χ0n) is 11.6. The van der Waals surface area contributed by atoms with Crippen molar-refractivity contribution >= 4 is 5.91 Å². The van der Waals surface area contributed by atoms with E-state index >= 15 is 0 Å². The molecule has 19 heavy (non-hydrogen) atoms. The molecule has 0 radical (unpaired) electrons. The molecule has 0 saturated heterocycles. The molecule has 0 bridgehead atoms. The Hall–Kier alpha value is -1.79. The molecule has 0 unspecified atom stereocenters. The third kappa shape index (κ3) is 5.58. The van der Waals surface area contributed by atoms with Crippen LogP contribution in [-0.4, -0.2) is 29.6 Å². The largest absolute Gasteiger partial charge is 0.395 e. The van der Waals surface area contributed by atoms with E-state index in [2.05, 4.69) is 11.8 Å². The van der Waals surface area contributed by atoms with Gasteiger partial charge in [0.1, 0.15) is 0 Å². The molecule has 1 aromatic rings.